The number of nitrogens with zero attached hydrogens (tertiary/aromatic N) is 1. The minimum atomic E-state index is 0.107. The Balaban J connectivity index is 2.47. The minimum Gasteiger partial charge on any atom is -0.508 e. The topological polar surface area (TPSA) is 66.6 Å². The van der Waals surface area contributed by atoms with Crippen molar-refractivity contribution in [3.05, 3.63) is 29.8 Å². The fourth-order valence-electron chi connectivity index (χ4n) is 2.17. The lowest BCUT2D eigenvalue weighted by Crippen LogP contribution is -2.28. The summed E-state index contributed by atoms with van der Waals surface area (Å²) in [4.78, 5) is 13.8. The average molecular weight is 278 g/mol. The first-order valence-electron chi connectivity index (χ1n) is 7.06. The molecule has 1 aromatic carbocycles. The normalized spacial score (nSPS) is 11.4. The summed E-state index contributed by atoms with van der Waals surface area (Å²) in [5.41, 5.74) is 6.62. The van der Waals surface area contributed by atoms with Crippen molar-refractivity contribution in [2.24, 2.45) is 11.1 Å². The highest BCUT2D eigenvalue weighted by molar-refractivity contribution is 5.75. The van der Waals surface area contributed by atoms with Crippen LogP contribution in [0.15, 0.2) is 24.3 Å². The number of carbonyl (C=O) groups excluding carboxylic acids is 1. The molecule has 0 saturated heterocycles. The highest BCUT2D eigenvalue weighted by Crippen LogP contribution is 2.26. The summed E-state index contributed by atoms with van der Waals surface area (Å²) in [5, 5.41) is 9.42. The zero-order valence-corrected chi connectivity index (χ0v) is 12.7. The van der Waals surface area contributed by atoms with E-state index in [1.165, 1.54) is 0 Å². The van der Waals surface area contributed by atoms with Crippen molar-refractivity contribution in [1.29, 1.82) is 0 Å². The highest BCUT2D eigenvalue weighted by atomic mass is 16.3. The van der Waals surface area contributed by atoms with Gasteiger partial charge in [0.2, 0.25) is 5.91 Å². The molecule has 4 nitrogen and oxygen atoms in total. The Labute approximate surface area is 121 Å². The van der Waals surface area contributed by atoms with Crippen molar-refractivity contribution in [2.75, 3.05) is 13.6 Å². The second-order valence-corrected chi connectivity index (χ2v) is 6.12. The van der Waals surface area contributed by atoms with Crippen LogP contribution in [0.3, 0.4) is 0 Å². The number of nitrogens with two attached hydrogens (primary N) is 1. The van der Waals surface area contributed by atoms with Crippen LogP contribution in [0, 0.1) is 5.41 Å². The zero-order chi connectivity index (χ0) is 15.2. The molecule has 0 unspecified atom stereocenters. The van der Waals surface area contributed by atoms with Crippen LogP contribution in [0.4, 0.5) is 0 Å². The maximum atomic E-state index is 12.1. The molecule has 0 saturated carbocycles. The van der Waals surface area contributed by atoms with Crippen molar-refractivity contribution in [2.45, 2.75) is 39.7 Å². The SMILES string of the molecule is CN(Cc1cccc(O)c1)C(=O)CCC(C)(C)CCN. The predicted octanol–water partition coefficient (Wildman–Crippen LogP) is 2.51. The van der Waals surface area contributed by atoms with Gasteiger partial charge in [0.15, 0.2) is 0 Å². The standard InChI is InChI=1S/C16H26N2O2/c1-16(2,9-10-17)8-7-15(20)18(3)12-13-5-4-6-14(19)11-13/h4-6,11,19H,7-10,12,17H2,1-3H3. The summed E-state index contributed by atoms with van der Waals surface area (Å²) in [6.45, 7) is 5.45. The number of amides is 1. The number of hydrogen-bond donors (Lipinski definition) is 2. The lowest BCUT2D eigenvalue weighted by atomic mass is 9.84. The molecule has 1 aromatic rings. The van der Waals surface area contributed by atoms with Crippen molar-refractivity contribution in [1.82, 2.24) is 4.90 Å². The Bertz CT molecular complexity index is 444. The van der Waals surface area contributed by atoms with Crippen molar-refractivity contribution in [3.63, 3.8) is 0 Å². The quantitative estimate of drug-likeness (QED) is 0.805. The van der Waals surface area contributed by atoms with Crippen molar-refractivity contribution in [3.8, 4) is 5.75 Å². The van der Waals surface area contributed by atoms with Gasteiger partial charge in [-0.25, -0.2) is 0 Å². The first-order chi connectivity index (χ1) is 9.34. The van der Waals surface area contributed by atoms with Gasteiger partial charge in [-0.05, 0) is 42.5 Å². The second-order valence-electron chi connectivity index (χ2n) is 6.12. The van der Waals surface area contributed by atoms with Crippen LogP contribution < -0.4 is 5.73 Å². The van der Waals surface area contributed by atoms with Gasteiger partial charge in [0.1, 0.15) is 5.75 Å². The lowest BCUT2D eigenvalue weighted by Gasteiger charge is -2.25. The minimum absolute atomic E-state index is 0.107. The third-order valence-corrected chi connectivity index (χ3v) is 3.59. The van der Waals surface area contributed by atoms with Crippen LogP contribution in [0.1, 0.15) is 38.7 Å². The van der Waals surface area contributed by atoms with Crippen LogP contribution in [-0.4, -0.2) is 29.5 Å². The summed E-state index contributed by atoms with van der Waals surface area (Å²) in [5.74, 6) is 0.353. The maximum Gasteiger partial charge on any atom is 0.222 e. The Morgan fingerprint density at radius 3 is 2.65 bits per heavy atom. The number of aromatic hydroxyl groups is 1. The summed E-state index contributed by atoms with van der Waals surface area (Å²) in [6.07, 6.45) is 2.30. The molecule has 112 valence electrons. The van der Waals surface area contributed by atoms with Crippen molar-refractivity contribution < 1.29 is 9.90 Å². The van der Waals surface area contributed by atoms with Gasteiger partial charge in [-0.3, -0.25) is 4.79 Å². The molecule has 0 aliphatic carbocycles. The molecule has 0 bridgehead atoms. The second kappa shape index (κ2) is 7.29. The molecule has 0 spiro atoms. The molecular weight excluding hydrogens is 252 g/mol. The highest BCUT2D eigenvalue weighted by Gasteiger charge is 2.19. The monoisotopic (exact) mass is 278 g/mol. The van der Waals surface area contributed by atoms with Crippen LogP contribution in [0.5, 0.6) is 5.75 Å². The number of benzene rings is 1. The Morgan fingerprint density at radius 1 is 1.35 bits per heavy atom. The fourth-order valence-corrected chi connectivity index (χ4v) is 2.17. The molecule has 20 heavy (non-hydrogen) atoms. The van der Waals surface area contributed by atoms with Gasteiger partial charge in [-0.1, -0.05) is 26.0 Å². The Morgan fingerprint density at radius 2 is 2.05 bits per heavy atom. The number of hydrogen-bond acceptors (Lipinski definition) is 3. The summed E-state index contributed by atoms with van der Waals surface area (Å²) >= 11 is 0. The van der Waals surface area contributed by atoms with E-state index >= 15 is 0 Å². The molecule has 0 heterocycles. The van der Waals surface area contributed by atoms with Crippen LogP contribution in [0.2, 0.25) is 0 Å². The summed E-state index contributed by atoms with van der Waals surface area (Å²) in [7, 11) is 1.79. The van der Waals surface area contributed by atoms with E-state index in [2.05, 4.69) is 13.8 Å². The molecule has 0 radical (unpaired) electrons. The number of carbonyl (C=O) groups is 1. The van der Waals surface area contributed by atoms with Crippen LogP contribution in [-0.2, 0) is 11.3 Å². The molecule has 1 rings (SSSR count). The Hall–Kier alpha value is -1.55. The molecule has 0 aliphatic rings. The first-order valence-corrected chi connectivity index (χ1v) is 7.06. The molecule has 4 heteroatoms. The molecular formula is C16H26N2O2. The van der Waals surface area contributed by atoms with Gasteiger partial charge in [-0.2, -0.15) is 0 Å². The number of rotatable bonds is 7. The van der Waals surface area contributed by atoms with E-state index in [9.17, 15) is 9.90 Å². The van der Waals surface area contributed by atoms with Crippen LogP contribution >= 0.6 is 0 Å². The largest absolute Gasteiger partial charge is 0.508 e. The number of phenolic OH excluding ortho intramolecular Hbond substituents is 1. The van der Waals surface area contributed by atoms with Gasteiger partial charge < -0.3 is 15.7 Å². The smallest absolute Gasteiger partial charge is 0.222 e. The molecule has 3 N–H and O–H groups in total. The van der Waals surface area contributed by atoms with E-state index < -0.39 is 0 Å². The zero-order valence-electron chi connectivity index (χ0n) is 12.7. The van der Waals surface area contributed by atoms with Gasteiger partial charge >= 0.3 is 0 Å². The van der Waals surface area contributed by atoms with Crippen molar-refractivity contribution >= 4 is 5.91 Å². The number of phenols is 1. The molecule has 0 atom stereocenters. The molecule has 0 aromatic heterocycles. The average Bonchev–Trinajstić information content (AvgIpc) is 2.36. The Kier molecular flexibility index (Phi) is 6.02. The van der Waals surface area contributed by atoms with E-state index in [-0.39, 0.29) is 17.1 Å². The van der Waals surface area contributed by atoms with Crippen LogP contribution in [0.25, 0.3) is 0 Å². The first kappa shape index (κ1) is 16.5. The van der Waals surface area contributed by atoms with Gasteiger partial charge in [0, 0.05) is 20.0 Å². The van der Waals surface area contributed by atoms with Gasteiger partial charge in [0.05, 0.1) is 0 Å². The third-order valence-electron chi connectivity index (χ3n) is 3.59. The fraction of sp³-hybridized carbons (Fsp3) is 0.562. The molecule has 1 amide bonds. The lowest BCUT2D eigenvalue weighted by molar-refractivity contribution is -0.131. The molecule has 0 aliphatic heterocycles. The van der Waals surface area contributed by atoms with E-state index in [1.54, 1.807) is 30.1 Å². The van der Waals surface area contributed by atoms with E-state index in [1.807, 2.05) is 6.07 Å². The predicted molar refractivity (Wildman–Crippen MR) is 81.3 cm³/mol. The van der Waals surface area contributed by atoms with E-state index in [4.69, 9.17) is 5.73 Å². The third kappa shape index (κ3) is 5.61. The van der Waals surface area contributed by atoms with Gasteiger partial charge in [-0.15, -0.1) is 0 Å². The van der Waals surface area contributed by atoms with Gasteiger partial charge in [0.25, 0.3) is 0 Å². The molecule has 0 fully saturated rings. The van der Waals surface area contributed by atoms with E-state index in [0.717, 1.165) is 18.4 Å². The summed E-state index contributed by atoms with van der Waals surface area (Å²) < 4.78 is 0. The van der Waals surface area contributed by atoms with E-state index in [0.29, 0.717) is 19.5 Å². The maximum absolute atomic E-state index is 12.1. The summed E-state index contributed by atoms with van der Waals surface area (Å²) in [6, 6.07) is 7.00.